The number of rotatable bonds is 10. The minimum atomic E-state index is -1.07. The fourth-order valence-corrected chi connectivity index (χ4v) is 4.67. The van der Waals surface area contributed by atoms with Crippen molar-refractivity contribution in [3.05, 3.63) is 42.8 Å². The van der Waals surface area contributed by atoms with Gasteiger partial charge in [0.15, 0.2) is 0 Å². The Morgan fingerprint density at radius 2 is 1.90 bits per heavy atom. The predicted octanol–water partition coefficient (Wildman–Crippen LogP) is 4.50. The molecule has 1 fully saturated rings. The zero-order valence-corrected chi connectivity index (χ0v) is 27.7. The molecule has 1 aliphatic rings. The largest absolute Gasteiger partial charge is 1.00 e. The molecule has 2 heterocycles. The van der Waals surface area contributed by atoms with Gasteiger partial charge in [-0.1, -0.05) is 20.8 Å². The van der Waals surface area contributed by atoms with E-state index in [2.05, 4.69) is 17.3 Å². The SMILES string of the molecule is CC(C)OC(CCCC(O)c1n[c-]c(C=[C-]C(C)(C)C)cc1F)[C@@H]1COC(C)(C)CCC1C(=O)OC(C)(C)C.[CH3-].[Li+]. The fourth-order valence-electron chi connectivity index (χ4n) is 4.67. The van der Waals surface area contributed by atoms with Gasteiger partial charge >= 0.3 is 24.8 Å². The summed E-state index contributed by atoms with van der Waals surface area (Å²) in [5, 5.41) is 10.7. The number of allylic oxidation sites excluding steroid dienone is 1. The van der Waals surface area contributed by atoms with Crippen LogP contribution in [0.2, 0.25) is 0 Å². The van der Waals surface area contributed by atoms with Crippen molar-refractivity contribution >= 4 is 12.0 Å². The molecule has 1 N–H and O–H groups in total. The van der Waals surface area contributed by atoms with E-state index < -0.39 is 17.5 Å². The van der Waals surface area contributed by atoms with E-state index in [1.165, 1.54) is 6.07 Å². The van der Waals surface area contributed by atoms with E-state index in [1.54, 1.807) is 6.08 Å². The van der Waals surface area contributed by atoms with Crippen LogP contribution >= 0.6 is 0 Å². The van der Waals surface area contributed by atoms with Gasteiger partial charge < -0.3 is 43.9 Å². The molecule has 1 aromatic rings. The summed E-state index contributed by atoms with van der Waals surface area (Å²) in [7, 11) is 0. The number of pyridine rings is 1. The number of aliphatic hydroxyl groups excluding tert-OH is 1. The second kappa shape index (κ2) is 16.6. The number of ether oxygens (including phenoxy) is 3. The third-order valence-corrected chi connectivity index (χ3v) is 6.65. The first-order valence-electron chi connectivity index (χ1n) is 14.3. The van der Waals surface area contributed by atoms with Gasteiger partial charge in [0.05, 0.1) is 36.4 Å². The number of aromatic nitrogens is 1. The smallest absolute Gasteiger partial charge is 0.460 e. The minimum Gasteiger partial charge on any atom is -0.460 e. The van der Waals surface area contributed by atoms with Crippen LogP contribution in [0.25, 0.3) is 6.08 Å². The van der Waals surface area contributed by atoms with Crippen molar-refractivity contribution in [3.8, 4) is 0 Å². The normalized spacial score (nSPS) is 21.0. The van der Waals surface area contributed by atoms with Crippen LogP contribution < -0.4 is 18.9 Å². The first-order chi connectivity index (χ1) is 17.9. The number of halogens is 1. The summed E-state index contributed by atoms with van der Waals surface area (Å²) in [5.41, 5.74) is -0.645. The third-order valence-electron chi connectivity index (χ3n) is 6.65. The number of nitrogens with zero attached hydrogens (tertiary/aromatic N) is 1. The number of carbonyl (C=O) groups excluding carboxylic acids is 1. The quantitative estimate of drug-likeness (QED) is 0.254. The van der Waals surface area contributed by atoms with E-state index in [4.69, 9.17) is 14.2 Å². The van der Waals surface area contributed by atoms with Crippen molar-refractivity contribution < 1.29 is 47.4 Å². The number of aliphatic hydroxyl groups is 1. The Morgan fingerprint density at radius 3 is 2.44 bits per heavy atom. The Kier molecular flexibility index (Phi) is 16.1. The zero-order chi connectivity index (χ0) is 29.6. The van der Waals surface area contributed by atoms with Crippen molar-refractivity contribution in [3.63, 3.8) is 0 Å². The molecule has 8 heteroatoms. The summed E-state index contributed by atoms with van der Waals surface area (Å²) in [5.74, 6) is -1.36. The molecule has 230 valence electrons. The standard InChI is InChI=1S/C32H50FNO5.CH3.Li/c1-21(2)38-27(24-20-37-32(9,10)17-15-23(24)29(36)39-31(6,7)8)13-11-12-26(35)28-25(33)18-22(19-34-28)14-16-30(3,4)5;;/h14,18,21,23-24,26-27,35H,11-13,15,17,20H2,1-10H3;1H3;/q-2;-1;+1/t23?,24-,26?,27?;;/m1../s1. The van der Waals surface area contributed by atoms with Crippen molar-refractivity contribution in [1.29, 1.82) is 0 Å². The first-order valence-corrected chi connectivity index (χ1v) is 14.3. The monoisotopic (exact) mass is 569 g/mol. The maximum atomic E-state index is 14.8. The second-order valence-electron chi connectivity index (χ2n) is 13.7. The van der Waals surface area contributed by atoms with Gasteiger partial charge in [-0.2, -0.15) is 6.07 Å². The molecule has 0 spiro atoms. The Bertz CT molecular complexity index is 967. The van der Waals surface area contributed by atoms with Crippen LogP contribution in [0.5, 0.6) is 0 Å². The maximum absolute atomic E-state index is 14.8. The molecule has 0 amide bonds. The Morgan fingerprint density at radius 1 is 1.27 bits per heavy atom. The predicted molar refractivity (Wildman–Crippen MR) is 158 cm³/mol. The van der Waals surface area contributed by atoms with E-state index in [1.807, 2.05) is 69.2 Å². The van der Waals surface area contributed by atoms with Crippen molar-refractivity contribution in [2.24, 2.45) is 17.3 Å². The second-order valence-corrected chi connectivity index (χ2v) is 13.7. The van der Waals surface area contributed by atoms with Crippen LogP contribution in [0, 0.1) is 42.8 Å². The molecule has 1 aliphatic heterocycles. The average molecular weight is 570 g/mol. The van der Waals surface area contributed by atoms with Gasteiger partial charge in [0.25, 0.3) is 0 Å². The fraction of sp³-hybridized carbons (Fsp3) is 0.727. The Balaban J connectivity index is 0.00000800. The van der Waals surface area contributed by atoms with E-state index in [-0.39, 0.29) is 73.0 Å². The number of hydrogen-bond donors (Lipinski definition) is 1. The van der Waals surface area contributed by atoms with Gasteiger partial charge in [-0.25, -0.2) is 4.39 Å². The molecule has 2 rings (SSSR count). The molecule has 0 radical (unpaired) electrons. The van der Waals surface area contributed by atoms with Crippen LogP contribution in [0.4, 0.5) is 4.39 Å². The number of carbonyl (C=O) groups is 1. The van der Waals surface area contributed by atoms with Gasteiger partial charge in [0, 0.05) is 17.4 Å². The van der Waals surface area contributed by atoms with Crippen LogP contribution in [0.3, 0.4) is 0 Å². The van der Waals surface area contributed by atoms with Crippen LogP contribution in [-0.4, -0.2) is 46.1 Å². The minimum absolute atomic E-state index is 0. The van der Waals surface area contributed by atoms with Gasteiger partial charge in [-0.3, -0.25) is 10.4 Å². The molecule has 0 aromatic carbocycles. The average Bonchev–Trinajstić information content (AvgIpc) is 2.93. The van der Waals surface area contributed by atoms with E-state index in [0.29, 0.717) is 37.9 Å². The molecule has 0 saturated carbocycles. The summed E-state index contributed by atoms with van der Waals surface area (Å²) < 4.78 is 33.1. The van der Waals surface area contributed by atoms with Gasteiger partial charge in [-0.15, -0.1) is 11.6 Å². The Hall–Kier alpha value is -1.23. The van der Waals surface area contributed by atoms with Crippen LogP contribution in [-0.2, 0) is 19.0 Å². The van der Waals surface area contributed by atoms with Gasteiger partial charge in [0.1, 0.15) is 5.60 Å². The topological polar surface area (TPSA) is 77.9 Å². The molecule has 1 aromatic heterocycles. The van der Waals surface area contributed by atoms with E-state index >= 15 is 0 Å². The molecule has 1 saturated heterocycles. The van der Waals surface area contributed by atoms with Crippen molar-refractivity contribution in [2.45, 2.75) is 131 Å². The molecule has 0 aliphatic carbocycles. The summed E-state index contributed by atoms with van der Waals surface area (Å²) in [4.78, 5) is 17.4. The molecule has 3 unspecified atom stereocenters. The van der Waals surface area contributed by atoms with E-state index in [0.717, 1.165) is 6.42 Å². The molecule has 4 atom stereocenters. The molecular formula is C33H53FLiNO5-2. The van der Waals surface area contributed by atoms with Crippen LogP contribution in [0.15, 0.2) is 6.07 Å². The Labute approximate surface area is 261 Å². The molecular weight excluding hydrogens is 516 g/mol. The zero-order valence-electron chi connectivity index (χ0n) is 27.7. The molecule has 6 nitrogen and oxygen atoms in total. The summed E-state index contributed by atoms with van der Waals surface area (Å²) in [6.07, 6.45) is 9.02. The first kappa shape index (κ1) is 39.8. The maximum Gasteiger partial charge on any atom is 1.00 e. The van der Waals surface area contributed by atoms with E-state index in [9.17, 15) is 14.3 Å². The summed E-state index contributed by atoms with van der Waals surface area (Å²) >= 11 is 0. The third kappa shape index (κ3) is 14.2. The van der Waals surface area contributed by atoms with Crippen molar-refractivity contribution in [1.82, 2.24) is 4.98 Å². The van der Waals surface area contributed by atoms with Crippen molar-refractivity contribution in [2.75, 3.05) is 6.61 Å². The number of hydrogen-bond acceptors (Lipinski definition) is 6. The summed E-state index contributed by atoms with van der Waals surface area (Å²) in [6, 6.07) is 1.32. The van der Waals surface area contributed by atoms with Crippen LogP contribution in [0.1, 0.15) is 119 Å². The van der Waals surface area contributed by atoms with Gasteiger partial charge in [-0.05, 0) is 80.6 Å². The molecule has 41 heavy (non-hydrogen) atoms. The summed E-state index contributed by atoms with van der Waals surface area (Å²) in [6.45, 7) is 20.0. The molecule has 0 bridgehead atoms. The number of esters is 1. The van der Waals surface area contributed by atoms with Gasteiger partial charge in [0.2, 0.25) is 0 Å².